The zero-order valence-corrected chi connectivity index (χ0v) is 10.5. The Balaban J connectivity index is 2.45. The van der Waals surface area contributed by atoms with Crippen molar-refractivity contribution in [2.75, 3.05) is 4.90 Å². The first-order chi connectivity index (χ1) is 7.75. The smallest absolute Gasteiger partial charge is 0.417 e. The lowest BCUT2D eigenvalue weighted by molar-refractivity contribution is -0.0723. The number of amides is 1. The molecule has 1 unspecified atom stereocenters. The van der Waals surface area contributed by atoms with Crippen molar-refractivity contribution in [3.63, 3.8) is 0 Å². The van der Waals surface area contributed by atoms with Crippen molar-refractivity contribution in [1.29, 1.82) is 0 Å². The minimum absolute atomic E-state index is 0.524. The highest BCUT2D eigenvalue weighted by Gasteiger charge is 2.57. The molecule has 4 heteroatoms. The van der Waals surface area contributed by atoms with Gasteiger partial charge < -0.3 is 9.84 Å². The quantitative estimate of drug-likeness (QED) is 0.813. The summed E-state index contributed by atoms with van der Waals surface area (Å²) in [5, 5.41) is 10.5. The monoisotopic (exact) mass is 235 g/mol. The molecule has 0 bridgehead atoms. The molecule has 92 valence electrons. The Labute approximate surface area is 101 Å². The summed E-state index contributed by atoms with van der Waals surface area (Å²) in [6.07, 6.45) is -0.524. The van der Waals surface area contributed by atoms with Gasteiger partial charge in [0.15, 0.2) is 11.3 Å². The van der Waals surface area contributed by atoms with Gasteiger partial charge in [0.25, 0.3) is 0 Å². The normalized spacial score (nSPS) is 27.1. The molecule has 1 aliphatic rings. The van der Waals surface area contributed by atoms with Crippen LogP contribution in [0.5, 0.6) is 0 Å². The Kier molecular flexibility index (Phi) is 2.43. The molecule has 1 aliphatic heterocycles. The van der Waals surface area contributed by atoms with Gasteiger partial charge in [-0.3, -0.25) is 0 Å². The summed E-state index contributed by atoms with van der Waals surface area (Å²) in [6.45, 7) is 6.93. The maximum Gasteiger partial charge on any atom is 0.417 e. The van der Waals surface area contributed by atoms with Gasteiger partial charge in [0.1, 0.15) is 0 Å². The van der Waals surface area contributed by atoms with Crippen molar-refractivity contribution in [2.45, 2.75) is 39.0 Å². The van der Waals surface area contributed by atoms with Crippen LogP contribution in [0.2, 0.25) is 0 Å². The minimum atomic E-state index is -1.36. The van der Waals surface area contributed by atoms with E-state index in [-0.39, 0.29) is 0 Å². The van der Waals surface area contributed by atoms with Crippen molar-refractivity contribution in [1.82, 2.24) is 0 Å². The number of nitrogens with zero attached hydrogens (tertiary/aromatic N) is 1. The molecule has 1 atom stereocenters. The van der Waals surface area contributed by atoms with Crippen LogP contribution in [0.4, 0.5) is 10.5 Å². The number of carbonyl (C=O) groups excluding carboxylic acids is 1. The largest absolute Gasteiger partial charge is 0.438 e. The molecule has 0 radical (unpaired) electrons. The van der Waals surface area contributed by atoms with Gasteiger partial charge in [-0.1, -0.05) is 17.7 Å². The Morgan fingerprint density at radius 1 is 1.18 bits per heavy atom. The molecule has 1 aromatic carbocycles. The maximum atomic E-state index is 11.8. The average molecular weight is 235 g/mol. The fourth-order valence-corrected chi connectivity index (χ4v) is 1.86. The Bertz CT molecular complexity index is 448. The van der Waals surface area contributed by atoms with E-state index in [1.165, 1.54) is 4.90 Å². The fourth-order valence-electron chi connectivity index (χ4n) is 1.86. The second kappa shape index (κ2) is 3.47. The predicted octanol–water partition coefficient (Wildman–Crippen LogP) is 2.44. The molecule has 0 aliphatic carbocycles. The molecule has 0 spiro atoms. The summed E-state index contributed by atoms with van der Waals surface area (Å²) in [6, 6.07) is 7.38. The molecule has 1 aromatic rings. The van der Waals surface area contributed by atoms with Crippen molar-refractivity contribution >= 4 is 11.8 Å². The van der Waals surface area contributed by atoms with Gasteiger partial charge in [-0.2, -0.15) is 0 Å². The van der Waals surface area contributed by atoms with Gasteiger partial charge in [0.05, 0.1) is 5.69 Å². The zero-order valence-electron chi connectivity index (χ0n) is 10.5. The zero-order chi connectivity index (χ0) is 12.8. The number of carbonyl (C=O) groups is 1. The predicted molar refractivity (Wildman–Crippen MR) is 64.8 cm³/mol. The summed E-state index contributed by atoms with van der Waals surface area (Å²) in [5.74, 6) is 0. The number of rotatable bonds is 1. The van der Waals surface area contributed by atoms with E-state index in [0.717, 1.165) is 5.56 Å². The molecule has 17 heavy (non-hydrogen) atoms. The fraction of sp³-hybridized carbons (Fsp3) is 0.462. The van der Waals surface area contributed by atoms with Crippen molar-refractivity contribution in [2.24, 2.45) is 0 Å². The van der Waals surface area contributed by atoms with Crippen LogP contribution in [-0.4, -0.2) is 22.5 Å². The number of aliphatic hydroxyl groups is 1. The average Bonchev–Trinajstić information content (AvgIpc) is 2.34. The summed E-state index contributed by atoms with van der Waals surface area (Å²) in [5.41, 5.74) is -0.565. The number of anilines is 1. The van der Waals surface area contributed by atoms with E-state index in [1.54, 1.807) is 32.9 Å². The van der Waals surface area contributed by atoms with Crippen LogP contribution in [0.25, 0.3) is 0 Å². The molecule has 4 nitrogen and oxygen atoms in total. The van der Waals surface area contributed by atoms with Crippen LogP contribution >= 0.6 is 0 Å². The summed E-state index contributed by atoms with van der Waals surface area (Å²) >= 11 is 0. The second-order valence-electron chi connectivity index (χ2n) is 5.07. The van der Waals surface area contributed by atoms with Crippen LogP contribution in [0.3, 0.4) is 0 Å². The number of aryl methyl sites for hydroxylation is 1. The second-order valence-corrected chi connectivity index (χ2v) is 5.07. The maximum absolute atomic E-state index is 11.8. The number of cyclic esters (lactones) is 1. The number of ether oxygens (including phenoxy) is 1. The highest BCUT2D eigenvalue weighted by atomic mass is 16.6. The molecule has 0 saturated carbocycles. The van der Waals surface area contributed by atoms with Gasteiger partial charge in [-0.25, -0.2) is 9.69 Å². The first kappa shape index (κ1) is 11.9. The lowest BCUT2D eigenvalue weighted by Crippen LogP contribution is -2.53. The number of hydrogen-bond acceptors (Lipinski definition) is 3. The van der Waals surface area contributed by atoms with Crippen LogP contribution in [0.1, 0.15) is 26.3 Å². The van der Waals surface area contributed by atoms with Crippen LogP contribution in [0.15, 0.2) is 24.3 Å². The van der Waals surface area contributed by atoms with E-state index in [9.17, 15) is 9.90 Å². The SMILES string of the molecule is Cc1ccc(N2C(=O)OC(C)(C)C2(C)O)cc1. The molecular formula is C13H17NO3. The van der Waals surface area contributed by atoms with E-state index in [4.69, 9.17) is 4.74 Å². The number of benzene rings is 1. The van der Waals surface area contributed by atoms with Gasteiger partial charge in [0, 0.05) is 0 Å². The highest BCUT2D eigenvalue weighted by Crippen LogP contribution is 2.40. The van der Waals surface area contributed by atoms with E-state index >= 15 is 0 Å². The molecule has 1 fully saturated rings. The molecule has 1 amide bonds. The van der Waals surface area contributed by atoms with E-state index in [2.05, 4.69) is 0 Å². The Morgan fingerprint density at radius 2 is 1.71 bits per heavy atom. The van der Waals surface area contributed by atoms with Crippen LogP contribution in [-0.2, 0) is 4.74 Å². The topological polar surface area (TPSA) is 49.8 Å². The van der Waals surface area contributed by atoms with Gasteiger partial charge in [-0.05, 0) is 39.8 Å². The standard InChI is InChI=1S/C13H17NO3/c1-9-5-7-10(8-6-9)14-11(15)17-12(2,3)13(14,4)16/h5-8,16H,1-4H3. The van der Waals surface area contributed by atoms with Gasteiger partial charge >= 0.3 is 6.09 Å². The molecule has 1 saturated heterocycles. The van der Waals surface area contributed by atoms with E-state index < -0.39 is 17.4 Å². The van der Waals surface area contributed by atoms with Crippen LogP contribution < -0.4 is 4.90 Å². The molecule has 0 aromatic heterocycles. The molecule has 1 heterocycles. The summed E-state index contributed by atoms with van der Waals surface area (Å²) in [7, 11) is 0. The number of hydrogen-bond donors (Lipinski definition) is 1. The Morgan fingerprint density at radius 3 is 2.12 bits per heavy atom. The molecule has 2 rings (SSSR count). The third-order valence-corrected chi connectivity index (χ3v) is 3.39. The van der Waals surface area contributed by atoms with Crippen molar-refractivity contribution < 1.29 is 14.6 Å². The first-order valence-electron chi connectivity index (χ1n) is 5.58. The van der Waals surface area contributed by atoms with E-state index in [0.29, 0.717) is 5.69 Å². The minimum Gasteiger partial charge on any atom is -0.438 e. The van der Waals surface area contributed by atoms with E-state index in [1.807, 2.05) is 19.1 Å². The summed E-state index contributed by atoms with van der Waals surface area (Å²) < 4.78 is 5.20. The third kappa shape index (κ3) is 1.69. The molecule has 1 N–H and O–H groups in total. The lowest BCUT2D eigenvalue weighted by atomic mass is 9.95. The van der Waals surface area contributed by atoms with Crippen molar-refractivity contribution in [3.05, 3.63) is 29.8 Å². The van der Waals surface area contributed by atoms with Crippen molar-refractivity contribution in [3.8, 4) is 0 Å². The molecular weight excluding hydrogens is 218 g/mol. The third-order valence-electron chi connectivity index (χ3n) is 3.39. The van der Waals surface area contributed by atoms with Crippen LogP contribution in [0, 0.1) is 6.92 Å². The Hall–Kier alpha value is -1.55. The lowest BCUT2D eigenvalue weighted by Gasteiger charge is -2.34. The highest BCUT2D eigenvalue weighted by molar-refractivity contribution is 5.92. The van der Waals surface area contributed by atoms with Gasteiger partial charge in [0.2, 0.25) is 0 Å². The first-order valence-corrected chi connectivity index (χ1v) is 5.58. The summed E-state index contributed by atoms with van der Waals surface area (Å²) in [4.78, 5) is 13.1. The van der Waals surface area contributed by atoms with Gasteiger partial charge in [-0.15, -0.1) is 0 Å².